The Morgan fingerprint density at radius 1 is 1.13 bits per heavy atom. The molecule has 0 aliphatic carbocycles. The summed E-state index contributed by atoms with van der Waals surface area (Å²) in [5, 5.41) is 6.22. The highest BCUT2D eigenvalue weighted by Gasteiger charge is 2.22. The molecule has 0 saturated heterocycles. The minimum atomic E-state index is -3.31. The van der Waals surface area contributed by atoms with Gasteiger partial charge in [-0.3, -0.25) is 4.99 Å². The third-order valence-corrected chi connectivity index (χ3v) is 4.98. The molecule has 0 heterocycles. The van der Waals surface area contributed by atoms with Crippen molar-refractivity contribution in [2.75, 3.05) is 26.4 Å². The molecule has 0 bridgehead atoms. The number of rotatable bonds is 9. The summed E-state index contributed by atoms with van der Waals surface area (Å²) in [6, 6.07) is 13.9. The lowest BCUT2D eigenvalue weighted by Crippen LogP contribution is -2.53. The maximum absolute atomic E-state index is 14.3. The number of benzene rings is 2. The molecule has 9 heteroatoms. The van der Waals surface area contributed by atoms with E-state index in [1.165, 1.54) is 6.07 Å². The van der Waals surface area contributed by atoms with Crippen molar-refractivity contribution in [3.63, 3.8) is 0 Å². The highest BCUT2D eigenvalue weighted by Crippen LogP contribution is 2.24. The highest BCUT2D eigenvalue weighted by atomic mass is 32.2. The van der Waals surface area contributed by atoms with Crippen molar-refractivity contribution in [2.24, 2.45) is 4.99 Å². The molecular formula is C21H29FN4O3S. The SMILES string of the molecule is CN=C(NCCc1ccc(Oc2ccccc2)c(F)c1)NCC(C)(C)NS(C)(=O)=O. The molecule has 0 spiro atoms. The van der Waals surface area contributed by atoms with Gasteiger partial charge in [-0.25, -0.2) is 17.5 Å². The quantitative estimate of drug-likeness (QED) is 0.415. The first-order chi connectivity index (χ1) is 14.1. The number of hydrogen-bond acceptors (Lipinski definition) is 4. The first-order valence-electron chi connectivity index (χ1n) is 9.53. The van der Waals surface area contributed by atoms with Crippen molar-refractivity contribution in [1.29, 1.82) is 0 Å². The molecule has 0 atom stereocenters. The summed E-state index contributed by atoms with van der Waals surface area (Å²) >= 11 is 0. The van der Waals surface area contributed by atoms with E-state index in [4.69, 9.17) is 4.74 Å². The molecule has 0 aromatic heterocycles. The summed E-state index contributed by atoms with van der Waals surface area (Å²) in [5.41, 5.74) is 0.137. The van der Waals surface area contributed by atoms with E-state index in [0.29, 0.717) is 31.2 Å². The van der Waals surface area contributed by atoms with Crippen molar-refractivity contribution >= 4 is 16.0 Å². The Balaban J connectivity index is 1.84. The van der Waals surface area contributed by atoms with Crippen molar-refractivity contribution in [3.8, 4) is 11.5 Å². The van der Waals surface area contributed by atoms with Crippen LogP contribution in [-0.2, 0) is 16.4 Å². The Kier molecular flexibility index (Phi) is 8.19. The van der Waals surface area contributed by atoms with Gasteiger partial charge < -0.3 is 15.4 Å². The molecular weight excluding hydrogens is 407 g/mol. The Morgan fingerprint density at radius 2 is 1.83 bits per heavy atom. The lowest BCUT2D eigenvalue weighted by molar-refractivity contribution is 0.441. The number of sulfonamides is 1. The second-order valence-corrected chi connectivity index (χ2v) is 9.29. The zero-order chi connectivity index (χ0) is 22.2. The fraction of sp³-hybridized carbons (Fsp3) is 0.381. The van der Waals surface area contributed by atoms with Gasteiger partial charge in [-0.05, 0) is 50.1 Å². The van der Waals surface area contributed by atoms with Crippen LogP contribution in [0.2, 0.25) is 0 Å². The van der Waals surface area contributed by atoms with E-state index in [0.717, 1.165) is 11.8 Å². The van der Waals surface area contributed by atoms with Crippen LogP contribution in [0.25, 0.3) is 0 Å². The van der Waals surface area contributed by atoms with Gasteiger partial charge in [0.15, 0.2) is 17.5 Å². The summed E-state index contributed by atoms with van der Waals surface area (Å²) in [6.07, 6.45) is 1.70. The normalized spacial score (nSPS) is 12.5. The van der Waals surface area contributed by atoms with Crippen molar-refractivity contribution in [3.05, 3.63) is 59.9 Å². The van der Waals surface area contributed by atoms with E-state index in [2.05, 4.69) is 20.3 Å². The minimum absolute atomic E-state index is 0.177. The number of guanidine groups is 1. The number of nitrogens with one attached hydrogen (secondary N) is 3. The third kappa shape index (κ3) is 8.38. The molecule has 0 aliphatic heterocycles. The number of nitrogens with zero attached hydrogens (tertiary/aromatic N) is 1. The zero-order valence-electron chi connectivity index (χ0n) is 17.7. The number of halogens is 1. The first kappa shape index (κ1) is 23.6. The van der Waals surface area contributed by atoms with Crippen LogP contribution in [0.3, 0.4) is 0 Å². The van der Waals surface area contributed by atoms with E-state index in [1.54, 1.807) is 39.1 Å². The first-order valence-corrected chi connectivity index (χ1v) is 11.4. The summed E-state index contributed by atoms with van der Waals surface area (Å²) in [7, 11) is -1.69. The number of aliphatic imine (C=N–C) groups is 1. The molecule has 0 fully saturated rings. The maximum Gasteiger partial charge on any atom is 0.209 e. The predicted molar refractivity (Wildman–Crippen MR) is 118 cm³/mol. The Labute approximate surface area is 177 Å². The molecule has 164 valence electrons. The van der Waals surface area contributed by atoms with Gasteiger partial charge in [0, 0.05) is 25.7 Å². The number of ether oxygens (including phenoxy) is 1. The molecule has 2 aromatic rings. The maximum atomic E-state index is 14.3. The summed E-state index contributed by atoms with van der Waals surface area (Å²) < 4.78 is 45.3. The van der Waals surface area contributed by atoms with E-state index in [9.17, 15) is 12.8 Å². The van der Waals surface area contributed by atoms with Crippen LogP contribution >= 0.6 is 0 Å². The molecule has 0 aliphatic rings. The Hall–Kier alpha value is -2.65. The van der Waals surface area contributed by atoms with E-state index < -0.39 is 21.4 Å². The van der Waals surface area contributed by atoms with Crippen LogP contribution in [0, 0.1) is 5.82 Å². The third-order valence-electron chi connectivity index (χ3n) is 4.06. The summed E-state index contributed by atoms with van der Waals surface area (Å²) in [6.45, 7) is 4.42. The van der Waals surface area contributed by atoms with Gasteiger partial charge in [-0.1, -0.05) is 24.3 Å². The summed E-state index contributed by atoms with van der Waals surface area (Å²) in [5.74, 6) is 0.861. The van der Waals surface area contributed by atoms with Crippen molar-refractivity contribution in [1.82, 2.24) is 15.4 Å². The van der Waals surface area contributed by atoms with Crippen LogP contribution < -0.4 is 20.1 Å². The lowest BCUT2D eigenvalue weighted by Gasteiger charge is -2.26. The van der Waals surface area contributed by atoms with Gasteiger partial charge in [0.05, 0.1) is 6.26 Å². The Morgan fingerprint density at radius 3 is 2.43 bits per heavy atom. The monoisotopic (exact) mass is 436 g/mol. The molecule has 0 amide bonds. The topological polar surface area (TPSA) is 91.8 Å². The largest absolute Gasteiger partial charge is 0.454 e. The van der Waals surface area contributed by atoms with Crippen LogP contribution in [0.5, 0.6) is 11.5 Å². The highest BCUT2D eigenvalue weighted by molar-refractivity contribution is 7.88. The molecule has 2 rings (SSSR count). The second-order valence-electron chi connectivity index (χ2n) is 7.54. The second kappa shape index (κ2) is 10.4. The number of hydrogen-bond donors (Lipinski definition) is 3. The molecule has 0 saturated carbocycles. The van der Waals surface area contributed by atoms with Gasteiger partial charge in [0.2, 0.25) is 10.0 Å². The Bertz CT molecular complexity index is 963. The number of para-hydroxylation sites is 1. The average Bonchev–Trinajstić information content (AvgIpc) is 2.65. The van der Waals surface area contributed by atoms with Gasteiger partial charge in [-0.2, -0.15) is 0 Å². The zero-order valence-corrected chi connectivity index (χ0v) is 18.5. The predicted octanol–water partition coefficient (Wildman–Crippen LogP) is 2.65. The van der Waals surface area contributed by atoms with Crippen LogP contribution in [0.4, 0.5) is 4.39 Å². The molecule has 3 N–H and O–H groups in total. The smallest absolute Gasteiger partial charge is 0.209 e. The molecule has 0 radical (unpaired) electrons. The van der Waals surface area contributed by atoms with Gasteiger partial charge in [-0.15, -0.1) is 0 Å². The fourth-order valence-electron chi connectivity index (χ4n) is 2.79. The van der Waals surface area contributed by atoms with Crippen molar-refractivity contribution < 1.29 is 17.5 Å². The fourth-order valence-corrected chi connectivity index (χ4v) is 3.86. The average molecular weight is 437 g/mol. The van der Waals surface area contributed by atoms with Gasteiger partial charge in [0.25, 0.3) is 0 Å². The molecule has 0 unspecified atom stereocenters. The summed E-state index contributed by atoms with van der Waals surface area (Å²) in [4.78, 5) is 4.12. The molecule has 30 heavy (non-hydrogen) atoms. The van der Waals surface area contributed by atoms with Gasteiger partial charge in [0.1, 0.15) is 5.75 Å². The minimum Gasteiger partial charge on any atom is -0.454 e. The van der Waals surface area contributed by atoms with Crippen LogP contribution in [-0.4, -0.2) is 46.3 Å². The standard InChI is InChI=1S/C21H29FN4O3S/c1-21(2,26-30(4,27)28)15-25-20(23-3)24-13-12-16-10-11-19(18(22)14-16)29-17-8-6-5-7-9-17/h5-11,14,26H,12-13,15H2,1-4H3,(H2,23,24,25). The molecule has 7 nitrogen and oxygen atoms in total. The van der Waals surface area contributed by atoms with Gasteiger partial charge >= 0.3 is 0 Å². The molecule has 2 aromatic carbocycles. The van der Waals surface area contributed by atoms with Crippen LogP contribution in [0.15, 0.2) is 53.5 Å². The van der Waals surface area contributed by atoms with E-state index in [-0.39, 0.29) is 5.75 Å². The van der Waals surface area contributed by atoms with Crippen molar-refractivity contribution in [2.45, 2.75) is 25.8 Å². The lowest BCUT2D eigenvalue weighted by atomic mass is 10.1. The van der Waals surface area contributed by atoms with E-state index >= 15 is 0 Å². The van der Waals surface area contributed by atoms with E-state index in [1.807, 2.05) is 24.3 Å². The van der Waals surface area contributed by atoms with Crippen LogP contribution in [0.1, 0.15) is 19.4 Å².